The molecule has 30 heavy (non-hydrogen) atoms. The molecule has 4 nitrogen and oxygen atoms in total. The summed E-state index contributed by atoms with van der Waals surface area (Å²) < 4.78 is 0. The second kappa shape index (κ2) is 8.93. The van der Waals surface area contributed by atoms with Crippen molar-refractivity contribution < 1.29 is 9.59 Å². The van der Waals surface area contributed by atoms with E-state index in [0.29, 0.717) is 13.0 Å². The average Bonchev–Trinajstić information content (AvgIpc) is 3.12. The second-order valence-corrected chi connectivity index (χ2v) is 10.7. The van der Waals surface area contributed by atoms with Crippen molar-refractivity contribution in [2.75, 3.05) is 13.1 Å². The highest BCUT2D eigenvalue weighted by Crippen LogP contribution is 2.39. The third-order valence-electron chi connectivity index (χ3n) is 5.70. The molecule has 2 heterocycles. The fourth-order valence-corrected chi connectivity index (χ4v) is 5.07. The van der Waals surface area contributed by atoms with Gasteiger partial charge in [-0.2, -0.15) is 0 Å². The molecular weight excluding hydrogens is 392 g/mol. The summed E-state index contributed by atoms with van der Waals surface area (Å²) in [6.07, 6.45) is 1.31. The molecule has 2 aromatic rings. The number of thiophene rings is 1. The monoisotopic (exact) mass is 426 g/mol. The summed E-state index contributed by atoms with van der Waals surface area (Å²) in [5.74, 6) is 0.0718. The number of aryl methyl sites for hydroxylation is 1. The zero-order chi connectivity index (χ0) is 22.1. The number of fused-ring (bicyclic) bond motifs is 1. The fraction of sp³-hybridized carbons (Fsp3) is 0.520. The van der Waals surface area contributed by atoms with E-state index in [-0.39, 0.29) is 35.9 Å². The fourth-order valence-electron chi connectivity index (χ4n) is 4.16. The molecule has 0 radical (unpaired) electrons. The molecule has 0 unspecified atom stereocenters. The van der Waals surface area contributed by atoms with Gasteiger partial charge in [0.1, 0.15) is 6.54 Å². The van der Waals surface area contributed by atoms with Crippen molar-refractivity contribution in [2.24, 2.45) is 5.41 Å². The van der Waals surface area contributed by atoms with Gasteiger partial charge >= 0.3 is 0 Å². The van der Waals surface area contributed by atoms with E-state index in [1.54, 1.807) is 16.2 Å². The maximum absolute atomic E-state index is 13.5. The maximum atomic E-state index is 13.5. The van der Waals surface area contributed by atoms with Gasteiger partial charge in [-0.15, -0.1) is 11.3 Å². The van der Waals surface area contributed by atoms with Gasteiger partial charge < -0.3 is 9.80 Å². The van der Waals surface area contributed by atoms with Crippen LogP contribution in [0.25, 0.3) is 0 Å². The Morgan fingerprint density at radius 2 is 1.87 bits per heavy atom. The van der Waals surface area contributed by atoms with Gasteiger partial charge in [0.15, 0.2) is 0 Å². The Labute approximate surface area is 184 Å². The van der Waals surface area contributed by atoms with Crippen LogP contribution in [-0.2, 0) is 16.0 Å². The van der Waals surface area contributed by atoms with E-state index >= 15 is 0 Å². The first-order valence-corrected chi connectivity index (χ1v) is 11.7. The number of rotatable bonds is 5. The van der Waals surface area contributed by atoms with E-state index in [1.165, 1.54) is 21.6 Å². The smallest absolute Gasteiger partial charge is 0.243 e. The summed E-state index contributed by atoms with van der Waals surface area (Å²) in [6.45, 7) is 13.1. The van der Waals surface area contributed by atoms with E-state index in [2.05, 4.69) is 51.3 Å². The van der Waals surface area contributed by atoms with Crippen LogP contribution in [0.3, 0.4) is 0 Å². The van der Waals surface area contributed by atoms with Gasteiger partial charge in [0, 0.05) is 23.9 Å². The minimum atomic E-state index is -0.104. The van der Waals surface area contributed by atoms with Gasteiger partial charge in [-0.25, -0.2) is 0 Å². The quantitative estimate of drug-likeness (QED) is 0.659. The van der Waals surface area contributed by atoms with Gasteiger partial charge in [-0.3, -0.25) is 9.59 Å². The van der Waals surface area contributed by atoms with Gasteiger partial charge in [-0.05, 0) is 60.7 Å². The van der Waals surface area contributed by atoms with E-state index in [9.17, 15) is 9.59 Å². The molecule has 0 aliphatic carbocycles. The molecule has 3 rings (SSSR count). The van der Waals surface area contributed by atoms with Crippen molar-refractivity contribution in [1.82, 2.24) is 9.80 Å². The summed E-state index contributed by atoms with van der Waals surface area (Å²) >= 11 is 1.77. The van der Waals surface area contributed by atoms with Crippen LogP contribution in [0.1, 0.15) is 68.6 Å². The topological polar surface area (TPSA) is 40.6 Å². The van der Waals surface area contributed by atoms with Crippen molar-refractivity contribution >= 4 is 23.2 Å². The van der Waals surface area contributed by atoms with Crippen molar-refractivity contribution in [3.8, 4) is 0 Å². The third-order valence-corrected chi connectivity index (χ3v) is 6.70. The first-order valence-electron chi connectivity index (χ1n) is 10.8. The molecule has 162 valence electrons. The number of nitrogens with zero attached hydrogens (tertiary/aromatic N) is 2. The summed E-state index contributed by atoms with van der Waals surface area (Å²) in [4.78, 5) is 31.6. The lowest BCUT2D eigenvalue weighted by molar-refractivity contribution is -0.144. The van der Waals surface area contributed by atoms with E-state index in [4.69, 9.17) is 0 Å². The third kappa shape index (κ3) is 4.94. The first kappa shape index (κ1) is 22.5. The van der Waals surface area contributed by atoms with Gasteiger partial charge in [0.2, 0.25) is 11.8 Å². The number of carbonyl (C=O) groups is 2. The Bertz CT molecular complexity index is 910. The van der Waals surface area contributed by atoms with Crippen LogP contribution in [-0.4, -0.2) is 40.7 Å². The number of benzene rings is 1. The predicted molar refractivity (Wildman–Crippen MR) is 124 cm³/mol. The standard InChI is InChI=1S/C25H34N2O2S/c1-17(2)27(22(28)15-25(4,5)6)16-23(29)26-13-11-21-20(12-14-30-21)24(26)19-10-8-7-9-18(19)3/h7-10,12,14,17,24H,11,13,15-16H2,1-6H3/t24-/m1/s1. The molecule has 5 heteroatoms. The molecule has 1 aliphatic rings. The summed E-state index contributed by atoms with van der Waals surface area (Å²) in [7, 11) is 0. The molecule has 1 aliphatic heterocycles. The first-order chi connectivity index (χ1) is 14.1. The molecule has 1 atom stereocenters. The lowest BCUT2D eigenvalue weighted by atomic mass is 9.90. The highest BCUT2D eigenvalue weighted by molar-refractivity contribution is 7.10. The minimum Gasteiger partial charge on any atom is -0.331 e. The van der Waals surface area contributed by atoms with Crippen LogP contribution < -0.4 is 0 Å². The Balaban J connectivity index is 1.90. The van der Waals surface area contributed by atoms with Crippen molar-refractivity contribution in [3.05, 3.63) is 57.3 Å². The Hall–Kier alpha value is -2.14. The largest absolute Gasteiger partial charge is 0.331 e. The Morgan fingerprint density at radius 1 is 1.17 bits per heavy atom. The number of hydrogen-bond donors (Lipinski definition) is 0. The van der Waals surface area contributed by atoms with E-state index in [0.717, 1.165) is 6.42 Å². The second-order valence-electron chi connectivity index (χ2n) is 9.75. The molecular formula is C25H34N2O2S. The van der Waals surface area contributed by atoms with Crippen LogP contribution in [0.2, 0.25) is 0 Å². The normalized spacial score (nSPS) is 16.5. The lowest BCUT2D eigenvalue weighted by Crippen LogP contribution is -2.49. The number of amides is 2. The van der Waals surface area contributed by atoms with Crippen LogP contribution in [0, 0.1) is 12.3 Å². The Morgan fingerprint density at radius 3 is 2.50 bits per heavy atom. The summed E-state index contributed by atoms with van der Waals surface area (Å²) in [5, 5.41) is 2.12. The molecule has 1 aromatic carbocycles. The van der Waals surface area contributed by atoms with Crippen molar-refractivity contribution in [3.63, 3.8) is 0 Å². The van der Waals surface area contributed by atoms with Crippen LogP contribution >= 0.6 is 11.3 Å². The van der Waals surface area contributed by atoms with Crippen LogP contribution in [0.15, 0.2) is 35.7 Å². The number of carbonyl (C=O) groups excluding carboxylic acids is 2. The highest BCUT2D eigenvalue weighted by Gasteiger charge is 2.35. The SMILES string of the molecule is Cc1ccccc1[C@@H]1c2ccsc2CCN1C(=O)CN(C(=O)CC(C)(C)C)C(C)C. The molecule has 0 spiro atoms. The molecule has 2 amide bonds. The van der Waals surface area contributed by atoms with Gasteiger partial charge in [-0.1, -0.05) is 45.0 Å². The predicted octanol–water partition coefficient (Wildman–Crippen LogP) is 5.20. The zero-order valence-electron chi connectivity index (χ0n) is 19.1. The van der Waals surface area contributed by atoms with Gasteiger partial charge in [0.05, 0.1) is 6.04 Å². The van der Waals surface area contributed by atoms with Crippen LogP contribution in [0.5, 0.6) is 0 Å². The molecule has 0 saturated carbocycles. The molecule has 0 saturated heterocycles. The average molecular weight is 427 g/mol. The summed E-state index contributed by atoms with van der Waals surface area (Å²) in [6, 6.07) is 10.4. The lowest BCUT2D eigenvalue weighted by Gasteiger charge is -2.39. The van der Waals surface area contributed by atoms with Gasteiger partial charge in [0.25, 0.3) is 0 Å². The van der Waals surface area contributed by atoms with Crippen LogP contribution in [0.4, 0.5) is 0 Å². The minimum absolute atomic E-state index is 0.0118. The van der Waals surface area contributed by atoms with Crippen molar-refractivity contribution in [2.45, 2.75) is 66.5 Å². The molecule has 0 fully saturated rings. The van der Waals surface area contributed by atoms with Crippen molar-refractivity contribution in [1.29, 1.82) is 0 Å². The highest BCUT2D eigenvalue weighted by atomic mass is 32.1. The van der Waals surface area contributed by atoms with E-state index < -0.39 is 0 Å². The molecule has 0 bridgehead atoms. The summed E-state index contributed by atoms with van der Waals surface area (Å²) in [5.41, 5.74) is 3.48. The molecule has 1 aromatic heterocycles. The Kier molecular flexibility index (Phi) is 6.71. The van der Waals surface area contributed by atoms with E-state index in [1.807, 2.05) is 30.9 Å². The number of hydrogen-bond acceptors (Lipinski definition) is 3. The zero-order valence-corrected chi connectivity index (χ0v) is 19.9. The maximum Gasteiger partial charge on any atom is 0.243 e. The molecule has 0 N–H and O–H groups in total.